The van der Waals surface area contributed by atoms with Gasteiger partial charge in [0.1, 0.15) is 12.2 Å². The summed E-state index contributed by atoms with van der Waals surface area (Å²) in [5, 5.41) is 10.0. The van der Waals surface area contributed by atoms with Gasteiger partial charge < -0.3 is 9.52 Å². The van der Waals surface area contributed by atoms with E-state index in [0.29, 0.717) is 16.5 Å². The molecule has 0 spiro atoms. The maximum atomic E-state index is 11.7. The van der Waals surface area contributed by atoms with Crippen molar-refractivity contribution < 1.29 is 9.52 Å². The van der Waals surface area contributed by atoms with Crippen LogP contribution in [0.1, 0.15) is 0 Å². The predicted octanol–water partition coefficient (Wildman–Crippen LogP) is 1.67. The van der Waals surface area contributed by atoms with Crippen LogP contribution in [0, 0.1) is 0 Å². The zero-order valence-corrected chi connectivity index (χ0v) is 9.12. The lowest BCUT2D eigenvalue weighted by Crippen LogP contribution is -2.11. The Kier molecular flexibility index (Phi) is 2.33. The van der Waals surface area contributed by atoms with Gasteiger partial charge in [-0.25, -0.2) is 0 Å². The quantitative estimate of drug-likeness (QED) is 0.745. The van der Waals surface area contributed by atoms with E-state index in [1.54, 1.807) is 24.3 Å². The molecule has 1 N–H and O–H groups in total. The average molecular weight is 221 g/mol. The minimum absolute atomic E-state index is 0.300. The predicted molar refractivity (Wildman–Crippen MR) is 63.7 cm³/mol. The van der Waals surface area contributed by atoms with Crippen LogP contribution in [0.15, 0.2) is 33.5 Å². The van der Waals surface area contributed by atoms with Gasteiger partial charge in [0, 0.05) is 0 Å². The van der Waals surface area contributed by atoms with Crippen molar-refractivity contribution in [2.75, 3.05) is 6.66 Å². The van der Waals surface area contributed by atoms with E-state index in [1.807, 2.05) is 6.66 Å². The lowest BCUT2D eigenvalue weighted by Gasteiger charge is -1.98. The van der Waals surface area contributed by atoms with Gasteiger partial charge in [0.2, 0.25) is 5.43 Å². The Morgan fingerprint density at radius 3 is 2.73 bits per heavy atom. The molecule has 1 aromatic heterocycles. The highest BCUT2D eigenvalue weighted by Crippen LogP contribution is 2.21. The van der Waals surface area contributed by atoms with Gasteiger partial charge in [0.25, 0.3) is 5.75 Å². The van der Waals surface area contributed by atoms with Gasteiger partial charge in [0.05, 0.1) is 11.7 Å². The first kappa shape index (κ1) is 9.94. The molecule has 1 heterocycles. The fourth-order valence-electron chi connectivity index (χ4n) is 1.38. The fraction of sp³-hybridized carbons (Fsp3) is 0.0909. The summed E-state index contributed by atoms with van der Waals surface area (Å²) in [6.45, 7) is 1.82. The first-order valence-corrected chi connectivity index (χ1v) is 6.37. The summed E-state index contributed by atoms with van der Waals surface area (Å²) >= 11 is 0. The normalized spacial score (nSPS) is 11.7. The first-order chi connectivity index (χ1) is 7.11. The van der Waals surface area contributed by atoms with E-state index < -0.39 is 7.55 Å². The molecule has 0 amide bonds. The van der Waals surface area contributed by atoms with Crippen LogP contribution in [-0.4, -0.2) is 18.1 Å². The molecule has 1 aromatic carbocycles. The largest absolute Gasteiger partial charge is 0.499 e. The van der Waals surface area contributed by atoms with Gasteiger partial charge in [0.15, 0.2) is 7.55 Å². The highest BCUT2D eigenvalue weighted by atomic mass is 31.1. The first-order valence-electron chi connectivity index (χ1n) is 4.40. The summed E-state index contributed by atoms with van der Waals surface area (Å²) in [5.41, 5.74) is 0.409. The Morgan fingerprint density at radius 2 is 2.07 bits per heavy atom. The summed E-state index contributed by atoms with van der Waals surface area (Å²) in [6.07, 6.45) is 3.79. The van der Waals surface area contributed by atoms with Crippen molar-refractivity contribution in [3.8, 4) is 5.75 Å². The van der Waals surface area contributed by atoms with Gasteiger partial charge in [-0.05, 0) is 12.1 Å². The number of fused-ring (bicyclic) bond motifs is 1. The minimum Gasteiger partial charge on any atom is -0.499 e. The molecule has 2 rings (SSSR count). The summed E-state index contributed by atoms with van der Waals surface area (Å²) in [7, 11) is -0.872. The topological polar surface area (TPSA) is 50.4 Å². The summed E-state index contributed by atoms with van der Waals surface area (Å²) in [4.78, 5) is 11.7. The second kappa shape index (κ2) is 3.52. The van der Waals surface area contributed by atoms with Crippen LogP contribution in [-0.2, 0) is 0 Å². The molecule has 0 bridgehead atoms. The molecular weight excluding hydrogens is 211 g/mol. The maximum Gasteiger partial charge on any atom is 0.349 e. The minimum atomic E-state index is -0.872. The number of hydrogen-bond acceptors (Lipinski definition) is 3. The molecule has 2 aromatic rings. The molecule has 4 heteroatoms. The van der Waals surface area contributed by atoms with Crippen molar-refractivity contribution in [2.45, 2.75) is 0 Å². The molecule has 3 nitrogen and oxygen atoms in total. The van der Waals surface area contributed by atoms with Gasteiger partial charge in [-0.1, -0.05) is 12.1 Å². The van der Waals surface area contributed by atoms with Gasteiger partial charge in [-0.2, -0.15) is 0 Å². The average Bonchev–Trinajstić information content (AvgIpc) is 2.23. The summed E-state index contributed by atoms with van der Waals surface area (Å²) in [6, 6.07) is 6.86. The highest BCUT2D eigenvalue weighted by molar-refractivity contribution is 7.62. The van der Waals surface area contributed by atoms with Crippen LogP contribution in [0.5, 0.6) is 5.75 Å². The molecule has 76 valence electrons. The molecule has 0 aliphatic rings. The van der Waals surface area contributed by atoms with E-state index in [-0.39, 0.29) is 11.2 Å². The molecule has 1 atom stereocenters. The lowest BCUT2D eigenvalue weighted by molar-refractivity contribution is 0.457. The molecular formula is C11H10O3P+. The Hall–Kier alpha value is -1.60. The van der Waals surface area contributed by atoms with Crippen LogP contribution < -0.4 is 10.9 Å². The van der Waals surface area contributed by atoms with Crippen LogP contribution in [0.4, 0.5) is 0 Å². The van der Waals surface area contributed by atoms with Crippen molar-refractivity contribution in [1.82, 2.24) is 0 Å². The molecule has 1 unspecified atom stereocenters. The van der Waals surface area contributed by atoms with E-state index >= 15 is 0 Å². The van der Waals surface area contributed by atoms with Crippen molar-refractivity contribution in [2.24, 2.45) is 0 Å². The standard InChI is InChI=1S/C11H9O3P/c1-15(2)11-10(13)9(12)7-5-3-4-6-8(7)14-11/h3-6H,1H2,2H3/p+1. The molecule has 0 aliphatic heterocycles. The smallest absolute Gasteiger partial charge is 0.349 e. The number of rotatable bonds is 1. The van der Waals surface area contributed by atoms with Crippen molar-refractivity contribution in [3.63, 3.8) is 0 Å². The van der Waals surface area contributed by atoms with E-state index in [9.17, 15) is 9.90 Å². The highest BCUT2D eigenvalue weighted by Gasteiger charge is 2.20. The second-order valence-electron chi connectivity index (χ2n) is 3.28. The van der Waals surface area contributed by atoms with Gasteiger partial charge in [-0.15, -0.1) is 0 Å². The van der Waals surface area contributed by atoms with E-state index in [0.717, 1.165) is 0 Å². The molecule has 15 heavy (non-hydrogen) atoms. The number of para-hydroxylation sites is 1. The van der Waals surface area contributed by atoms with Crippen LogP contribution in [0.25, 0.3) is 11.0 Å². The zero-order chi connectivity index (χ0) is 11.0. The monoisotopic (exact) mass is 221 g/mol. The Morgan fingerprint density at radius 1 is 1.40 bits per heavy atom. The van der Waals surface area contributed by atoms with Crippen molar-refractivity contribution >= 4 is 30.3 Å². The third-order valence-electron chi connectivity index (χ3n) is 2.10. The van der Waals surface area contributed by atoms with E-state index in [2.05, 4.69) is 6.30 Å². The van der Waals surface area contributed by atoms with E-state index in [4.69, 9.17) is 4.42 Å². The lowest BCUT2D eigenvalue weighted by atomic mass is 10.2. The Labute approximate surface area is 87.4 Å². The molecule has 0 aliphatic carbocycles. The molecule has 0 fully saturated rings. The van der Waals surface area contributed by atoms with Gasteiger partial charge in [-0.3, -0.25) is 4.79 Å². The summed E-state index contributed by atoms with van der Waals surface area (Å²) < 4.78 is 5.45. The molecule has 0 saturated heterocycles. The van der Waals surface area contributed by atoms with Crippen LogP contribution in [0.3, 0.4) is 0 Å². The Bertz CT molecular complexity index is 598. The molecule has 0 radical (unpaired) electrons. The number of benzene rings is 1. The van der Waals surface area contributed by atoms with Crippen LogP contribution in [0.2, 0.25) is 0 Å². The zero-order valence-electron chi connectivity index (χ0n) is 8.23. The van der Waals surface area contributed by atoms with Crippen LogP contribution >= 0.6 is 7.55 Å². The second-order valence-corrected chi connectivity index (χ2v) is 5.08. The number of aromatic hydroxyl groups is 1. The van der Waals surface area contributed by atoms with Gasteiger partial charge >= 0.3 is 5.50 Å². The summed E-state index contributed by atoms with van der Waals surface area (Å²) in [5.74, 6) is -0.308. The third kappa shape index (κ3) is 1.55. The van der Waals surface area contributed by atoms with Crippen molar-refractivity contribution in [1.29, 1.82) is 0 Å². The molecule has 0 saturated carbocycles. The number of hydrogen-bond donors (Lipinski definition) is 1. The van der Waals surface area contributed by atoms with Crippen molar-refractivity contribution in [3.05, 3.63) is 34.5 Å². The third-order valence-corrected chi connectivity index (χ3v) is 3.10. The SMILES string of the molecule is C=[P+](C)c1oc2ccccc2c(=O)c1O. The fourth-order valence-corrected chi connectivity index (χ4v) is 2.10. The maximum absolute atomic E-state index is 11.7. The Balaban J connectivity index is 2.95. The van der Waals surface area contributed by atoms with E-state index in [1.165, 1.54) is 0 Å².